The lowest BCUT2D eigenvalue weighted by molar-refractivity contribution is -0.143. The Morgan fingerprint density at radius 3 is 2.38 bits per heavy atom. The summed E-state index contributed by atoms with van der Waals surface area (Å²) in [7, 11) is 0. The van der Waals surface area contributed by atoms with Gasteiger partial charge in [0, 0.05) is 47.6 Å². The number of halogens is 2. The number of nitrogens with zero attached hydrogens (tertiary/aromatic N) is 2. The van der Waals surface area contributed by atoms with E-state index in [4.69, 9.17) is 23.2 Å². The van der Waals surface area contributed by atoms with Crippen LogP contribution in [0.3, 0.4) is 0 Å². The first-order chi connectivity index (χ1) is 12.4. The normalized spacial score (nSPS) is 14.3. The SMILES string of the molecule is Cc1ccc(NC(=O)C(=O)N2CCN(c3cccc(Cl)c3)CC2)cc1Cl. The van der Waals surface area contributed by atoms with Crippen LogP contribution in [0.2, 0.25) is 10.0 Å². The fourth-order valence-electron chi connectivity index (χ4n) is 2.84. The van der Waals surface area contributed by atoms with Crippen LogP contribution in [-0.2, 0) is 9.59 Å². The van der Waals surface area contributed by atoms with Crippen LogP contribution in [0.4, 0.5) is 11.4 Å². The minimum atomic E-state index is -0.652. The van der Waals surface area contributed by atoms with Gasteiger partial charge in [0.2, 0.25) is 0 Å². The van der Waals surface area contributed by atoms with Gasteiger partial charge < -0.3 is 15.1 Å². The number of carbonyl (C=O) groups excluding carboxylic acids is 2. The molecule has 0 radical (unpaired) electrons. The Labute approximate surface area is 162 Å². The summed E-state index contributed by atoms with van der Waals surface area (Å²) in [5.41, 5.74) is 2.44. The molecule has 0 bridgehead atoms. The molecular formula is C19H19Cl2N3O2. The van der Waals surface area contributed by atoms with E-state index < -0.39 is 11.8 Å². The molecule has 136 valence electrons. The number of piperazine rings is 1. The van der Waals surface area contributed by atoms with Crippen molar-refractivity contribution in [1.29, 1.82) is 0 Å². The van der Waals surface area contributed by atoms with Gasteiger partial charge >= 0.3 is 11.8 Å². The molecule has 0 spiro atoms. The molecule has 1 aliphatic heterocycles. The van der Waals surface area contributed by atoms with Gasteiger partial charge in [0.15, 0.2) is 0 Å². The summed E-state index contributed by atoms with van der Waals surface area (Å²) in [6.07, 6.45) is 0. The number of aryl methyl sites for hydroxylation is 1. The lowest BCUT2D eigenvalue weighted by Gasteiger charge is -2.35. The van der Waals surface area contributed by atoms with E-state index in [-0.39, 0.29) is 0 Å². The standard InChI is InChI=1S/C19H19Cl2N3O2/c1-13-5-6-15(12-17(13)21)22-18(25)19(26)24-9-7-23(8-10-24)16-4-2-3-14(20)11-16/h2-6,11-12H,7-10H2,1H3,(H,22,25). The van der Waals surface area contributed by atoms with Crippen LogP contribution in [0.1, 0.15) is 5.56 Å². The molecule has 1 saturated heterocycles. The molecular weight excluding hydrogens is 373 g/mol. The number of hydrogen-bond acceptors (Lipinski definition) is 3. The van der Waals surface area contributed by atoms with E-state index in [1.807, 2.05) is 31.2 Å². The van der Waals surface area contributed by atoms with Gasteiger partial charge in [-0.3, -0.25) is 9.59 Å². The topological polar surface area (TPSA) is 52.7 Å². The van der Waals surface area contributed by atoms with E-state index in [2.05, 4.69) is 10.2 Å². The highest BCUT2D eigenvalue weighted by Crippen LogP contribution is 2.22. The molecule has 0 aliphatic carbocycles. The van der Waals surface area contributed by atoms with Crippen molar-refractivity contribution in [3.8, 4) is 0 Å². The summed E-state index contributed by atoms with van der Waals surface area (Å²) < 4.78 is 0. The van der Waals surface area contributed by atoms with Crippen molar-refractivity contribution in [2.24, 2.45) is 0 Å². The summed E-state index contributed by atoms with van der Waals surface area (Å²) >= 11 is 12.1. The second kappa shape index (κ2) is 7.98. The summed E-state index contributed by atoms with van der Waals surface area (Å²) in [6, 6.07) is 12.8. The third-order valence-electron chi connectivity index (χ3n) is 4.36. The molecule has 0 saturated carbocycles. The van der Waals surface area contributed by atoms with Crippen LogP contribution < -0.4 is 10.2 Å². The Morgan fingerprint density at radius 1 is 1.00 bits per heavy atom. The molecule has 5 nitrogen and oxygen atoms in total. The van der Waals surface area contributed by atoms with Crippen molar-refractivity contribution in [2.75, 3.05) is 36.4 Å². The Bertz CT molecular complexity index is 833. The zero-order chi connectivity index (χ0) is 18.7. The summed E-state index contributed by atoms with van der Waals surface area (Å²) in [4.78, 5) is 28.3. The number of carbonyl (C=O) groups is 2. The molecule has 26 heavy (non-hydrogen) atoms. The van der Waals surface area contributed by atoms with Gasteiger partial charge in [-0.2, -0.15) is 0 Å². The quantitative estimate of drug-likeness (QED) is 0.795. The fourth-order valence-corrected chi connectivity index (χ4v) is 3.20. The van der Waals surface area contributed by atoms with E-state index in [0.29, 0.717) is 41.9 Å². The third-order valence-corrected chi connectivity index (χ3v) is 5.01. The number of amides is 2. The first-order valence-electron chi connectivity index (χ1n) is 8.31. The van der Waals surface area contributed by atoms with E-state index in [0.717, 1.165) is 11.3 Å². The van der Waals surface area contributed by atoms with Crippen LogP contribution >= 0.6 is 23.2 Å². The molecule has 1 aliphatic rings. The molecule has 2 aromatic carbocycles. The maximum Gasteiger partial charge on any atom is 0.313 e. The number of hydrogen-bond donors (Lipinski definition) is 1. The first-order valence-corrected chi connectivity index (χ1v) is 9.06. The van der Waals surface area contributed by atoms with Crippen LogP contribution in [-0.4, -0.2) is 42.9 Å². The predicted octanol–water partition coefficient (Wildman–Crippen LogP) is 3.59. The van der Waals surface area contributed by atoms with Crippen molar-refractivity contribution >= 4 is 46.4 Å². The van der Waals surface area contributed by atoms with Crippen molar-refractivity contribution in [3.05, 3.63) is 58.1 Å². The van der Waals surface area contributed by atoms with Gasteiger partial charge in [-0.15, -0.1) is 0 Å². The third kappa shape index (κ3) is 4.29. The van der Waals surface area contributed by atoms with E-state index >= 15 is 0 Å². The predicted molar refractivity (Wildman–Crippen MR) is 105 cm³/mol. The molecule has 1 N–H and O–H groups in total. The second-order valence-electron chi connectivity index (χ2n) is 6.18. The summed E-state index contributed by atoms with van der Waals surface area (Å²) in [5.74, 6) is -1.19. The fraction of sp³-hybridized carbons (Fsp3) is 0.263. The maximum absolute atomic E-state index is 12.4. The molecule has 0 atom stereocenters. The maximum atomic E-state index is 12.4. The zero-order valence-electron chi connectivity index (χ0n) is 14.3. The highest BCUT2D eigenvalue weighted by molar-refractivity contribution is 6.39. The van der Waals surface area contributed by atoms with Crippen LogP contribution in [0.15, 0.2) is 42.5 Å². The van der Waals surface area contributed by atoms with Crippen LogP contribution in [0.25, 0.3) is 0 Å². The monoisotopic (exact) mass is 391 g/mol. The molecule has 1 fully saturated rings. The Balaban J connectivity index is 1.57. The van der Waals surface area contributed by atoms with Gasteiger partial charge in [0.1, 0.15) is 0 Å². The van der Waals surface area contributed by atoms with Gasteiger partial charge in [0.05, 0.1) is 0 Å². The van der Waals surface area contributed by atoms with Crippen LogP contribution in [0, 0.1) is 6.92 Å². The second-order valence-corrected chi connectivity index (χ2v) is 7.02. The molecule has 2 amide bonds. The minimum Gasteiger partial charge on any atom is -0.368 e. The zero-order valence-corrected chi connectivity index (χ0v) is 15.8. The average molecular weight is 392 g/mol. The molecule has 7 heteroatoms. The summed E-state index contributed by atoms with van der Waals surface area (Å²) in [6.45, 7) is 4.13. The number of anilines is 2. The number of rotatable bonds is 2. The molecule has 0 unspecified atom stereocenters. The Kier molecular flexibility index (Phi) is 5.69. The molecule has 0 aromatic heterocycles. The van der Waals surface area contributed by atoms with E-state index in [9.17, 15) is 9.59 Å². The van der Waals surface area contributed by atoms with Crippen molar-refractivity contribution in [3.63, 3.8) is 0 Å². The van der Waals surface area contributed by atoms with Crippen molar-refractivity contribution in [2.45, 2.75) is 6.92 Å². The van der Waals surface area contributed by atoms with Gasteiger partial charge in [-0.05, 0) is 42.8 Å². The van der Waals surface area contributed by atoms with Crippen molar-refractivity contribution in [1.82, 2.24) is 4.90 Å². The average Bonchev–Trinajstić information content (AvgIpc) is 2.64. The van der Waals surface area contributed by atoms with Gasteiger partial charge in [-0.25, -0.2) is 0 Å². The minimum absolute atomic E-state index is 0.480. The molecule has 3 rings (SSSR count). The molecule has 2 aromatic rings. The lowest BCUT2D eigenvalue weighted by atomic mass is 10.2. The Morgan fingerprint density at radius 2 is 1.73 bits per heavy atom. The first kappa shape index (κ1) is 18.5. The van der Waals surface area contributed by atoms with Crippen LogP contribution in [0.5, 0.6) is 0 Å². The largest absolute Gasteiger partial charge is 0.368 e. The molecule has 1 heterocycles. The van der Waals surface area contributed by atoms with Gasteiger partial charge in [0.25, 0.3) is 0 Å². The number of nitrogens with one attached hydrogen (secondary N) is 1. The van der Waals surface area contributed by atoms with Crippen molar-refractivity contribution < 1.29 is 9.59 Å². The summed E-state index contributed by atoms with van der Waals surface area (Å²) in [5, 5.41) is 3.84. The highest BCUT2D eigenvalue weighted by Gasteiger charge is 2.26. The van der Waals surface area contributed by atoms with E-state index in [1.165, 1.54) is 0 Å². The lowest BCUT2D eigenvalue weighted by Crippen LogP contribution is -2.51. The smallest absolute Gasteiger partial charge is 0.313 e. The van der Waals surface area contributed by atoms with E-state index in [1.54, 1.807) is 23.1 Å². The Hall–Kier alpha value is -2.24. The number of benzene rings is 2. The van der Waals surface area contributed by atoms with Gasteiger partial charge in [-0.1, -0.05) is 35.3 Å². The highest BCUT2D eigenvalue weighted by atomic mass is 35.5.